The van der Waals surface area contributed by atoms with Gasteiger partial charge in [-0.15, -0.1) is 0 Å². The third kappa shape index (κ3) is 5.43. The zero-order valence-corrected chi connectivity index (χ0v) is 20.2. The van der Waals surface area contributed by atoms with E-state index < -0.39 is 11.7 Å². The minimum Gasteiger partial charge on any atom is -0.492 e. The second kappa shape index (κ2) is 10.9. The van der Waals surface area contributed by atoms with Gasteiger partial charge in [-0.25, -0.2) is 4.39 Å². The normalized spacial score (nSPS) is 10.7. The molecule has 2 N–H and O–H groups in total. The van der Waals surface area contributed by atoms with E-state index in [1.165, 1.54) is 12.1 Å². The van der Waals surface area contributed by atoms with Crippen molar-refractivity contribution in [3.05, 3.63) is 89.4 Å². The van der Waals surface area contributed by atoms with E-state index in [4.69, 9.17) is 9.47 Å². The van der Waals surface area contributed by atoms with Crippen molar-refractivity contribution in [2.24, 2.45) is 0 Å². The van der Waals surface area contributed by atoms with Crippen molar-refractivity contribution < 1.29 is 23.5 Å². The van der Waals surface area contributed by atoms with E-state index in [1.54, 1.807) is 55.5 Å². The highest BCUT2D eigenvalue weighted by molar-refractivity contribution is 6.09. The first-order valence-corrected chi connectivity index (χ1v) is 11.6. The fraction of sp³-hybridized carbons (Fsp3) is 0.179. The molecule has 184 valence electrons. The summed E-state index contributed by atoms with van der Waals surface area (Å²) in [6.07, 6.45) is 0. The summed E-state index contributed by atoms with van der Waals surface area (Å²) in [5.41, 5.74) is 2.56. The molecular formula is C28H26FN3O4. The first-order valence-electron chi connectivity index (χ1n) is 11.6. The number of ether oxygens (including phenoxy) is 2. The summed E-state index contributed by atoms with van der Waals surface area (Å²) in [6.45, 7) is 6.02. The van der Waals surface area contributed by atoms with Crippen LogP contribution in [0.15, 0.2) is 66.7 Å². The zero-order valence-electron chi connectivity index (χ0n) is 20.2. The number of carbonyl (C=O) groups is 2. The van der Waals surface area contributed by atoms with Gasteiger partial charge in [-0.1, -0.05) is 18.2 Å². The van der Waals surface area contributed by atoms with Crippen LogP contribution in [0.3, 0.4) is 0 Å². The summed E-state index contributed by atoms with van der Waals surface area (Å²) >= 11 is 0. The molecule has 0 bridgehead atoms. The van der Waals surface area contributed by atoms with Gasteiger partial charge in [0.25, 0.3) is 11.8 Å². The maximum absolute atomic E-state index is 13.6. The van der Waals surface area contributed by atoms with Gasteiger partial charge in [0.1, 0.15) is 17.3 Å². The van der Waals surface area contributed by atoms with Gasteiger partial charge in [0.15, 0.2) is 0 Å². The van der Waals surface area contributed by atoms with Crippen LogP contribution in [-0.2, 0) is 0 Å². The van der Waals surface area contributed by atoms with E-state index in [0.29, 0.717) is 63.8 Å². The van der Waals surface area contributed by atoms with Crippen LogP contribution in [0.4, 0.5) is 15.8 Å². The topological polar surface area (TPSA) is 89.6 Å². The summed E-state index contributed by atoms with van der Waals surface area (Å²) in [7, 11) is 0. The van der Waals surface area contributed by atoms with Crippen molar-refractivity contribution in [1.29, 1.82) is 0 Å². The highest BCUT2D eigenvalue weighted by Crippen LogP contribution is 2.37. The lowest BCUT2D eigenvalue weighted by atomic mass is 10.1. The van der Waals surface area contributed by atoms with Gasteiger partial charge < -0.3 is 20.1 Å². The fourth-order valence-electron chi connectivity index (χ4n) is 3.75. The highest BCUT2D eigenvalue weighted by Gasteiger charge is 2.19. The largest absolute Gasteiger partial charge is 0.492 e. The molecule has 0 aliphatic heterocycles. The average molecular weight is 488 g/mol. The molecule has 4 rings (SSSR count). The number of aryl methyl sites for hydroxylation is 1. The van der Waals surface area contributed by atoms with E-state index in [0.717, 1.165) is 0 Å². The van der Waals surface area contributed by atoms with Crippen LogP contribution in [0.25, 0.3) is 10.9 Å². The molecule has 2 amide bonds. The van der Waals surface area contributed by atoms with E-state index in [9.17, 15) is 14.0 Å². The van der Waals surface area contributed by atoms with Crippen LogP contribution in [0.5, 0.6) is 11.5 Å². The van der Waals surface area contributed by atoms with Crippen molar-refractivity contribution in [1.82, 2.24) is 4.98 Å². The number of halogens is 1. The molecule has 0 saturated heterocycles. The van der Waals surface area contributed by atoms with E-state index in [-0.39, 0.29) is 5.91 Å². The van der Waals surface area contributed by atoms with Gasteiger partial charge in [-0.3, -0.25) is 14.6 Å². The molecule has 8 heteroatoms. The van der Waals surface area contributed by atoms with Crippen LogP contribution >= 0.6 is 0 Å². The molecule has 0 aliphatic carbocycles. The summed E-state index contributed by atoms with van der Waals surface area (Å²) in [5.74, 6) is -0.354. The third-order valence-corrected chi connectivity index (χ3v) is 5.43. The molecule has 0 atom stereocenters. The number of carbonyl (C=O) groups excluding carboxylic acids is 2. The molecule has 1 heterocycles. The minimum absolute atomic E-state index is 0.301. The fourth-order valence-corrected chi connectivity index (χ4v) is 3.75. The Balaban J connectivity index is 1.67. The smallest absolute Gasteiger partial charge is 0.257 e. The quantitative estimate of drug-likeness (QED) is 0.319. The maximum Gasteiger partial charge on any atom is 0.257 e. The molecular weight excluding hydrogens is 461 g/mol. The summed E-state index contributed by atoms with van der Waals surface area (Å²) in [6, 6.07) is 18.0. The number of amides is 2. The van der Waals surface area contributed by atoms with Crippen LogP contribution in [0.1, 0.15) is 40.3 Å². The molecule has 0 aliphatic rings. The second-order valence-electron chi connectivity index (χ2n) is 7.94. The number of fused-ring (bicyclic) bond motifs is 1. The van der Waals surface area contributed by atoms with Gasteiger partial charge in [-0.2, -0.15) is 0 Å². The Morgan fingerprint density at radius 1 is 0.833 bits per heavy atom. The van der Waals surface area contributed by atoms with Crippen LogP contribution in [0, 0.1) is 12.7 Å². The lowest BCUT2D eigenvalue weighted by Gasteiger charge is -2.18. The Labute approximate surface area is 208 Å². The predicted molar refractivity (Wildman–Crippen MR) is 138 cm³/mol. The average Bonchev–Trinajstić information content (AvgIpc) is 2.86. The Morgan fingerprint density at radius 2 is 1.44 bits per heavy atom. The van der Waals surface area contributed by atoms with Gasteiger partial charge >= 0.3 is 0 Å². The van der Waals surface area contributed by atoms with Gasteiger partial charge in [0.2, 0.25) is 0 Å². The summed E-state index contributed by atoms with van der Waals surface area (Å²) in [5, 5.41) is 6.37. The first kappa shape index (κ1) is 24.7. The number of nitrogens with zero attached hydrogens (tertiary/aromatic N) is 1. The Kier molecular flexibility index (Phi) is 7.44. The highest BCUT2D eigenvalue weighted by atomic mass is 19.1. The third-order valence-electron chi connectivity index (χ3n) is 5.43. The number of hydrogen-bond acceptors (Lipinski definition) is 5. The molecule has 3 aromatic carbocycles. The number of nitrogens with one attached hydrogen (secondary N) is 2. The van der Waals surface area contributed by atoms with E-state index >= 15 is 0 Å². The lowest BCUT2D eigenvalue weighted by molar-refractivity contribution is 0.101. The van der Waals surface area contributed by atoms with Crippen molar-refractivity contribution in [3.63, 3.8) is 0 Å². The van der Waals surface area contributed by atoms with Gasteiger partial charge in [-0.05, 0) is 51.1 Å². The number of aromatic nitrogens is 1. The first-order chi connectivity index (χ1) is 17.4. The van der Waals surface area contributed by atoms with Gasteiger partial charge in [0, 0.05) is 29.1 Å². The number of pyridine rings is 1. The number of anilines is 2. The SMILES string of the molecule is CCOc1cc(NC(=O)c2cc3ccc(F)cc3nc2C)c(OCC)cc1NC(=O)c1ccccc1. The van der Waals surface area contributed by atoms with Crippen LogP contribution in [0.2, 0.25) is 0 Å². The summed E-state index contributed by atoms with van der Waals surface area (Å²) < 4.78 is 25.1. The molecule has 0 fully saturated rings. The molecule has 0 unspecified atom stereocenters. The molecule has 1 aromatic heterocycles. The number of hydrogen-bond donors (Lipinski definition) is 2. The molecule has 0 radical (unpaired) electrons. The standard InChI is InChI=1S/C28H26FN3O4/c1-4-35-25-16-24(26(36-5-2)15-23(25)31-27(33)18-9-7-6-8-10-18)32-28(34)21-13-19-11-12-20(29)14-22(19)30-17(21)3/h6-16H,4-5H2,1-3H3,(H,31,33)(H,32,34). The van der Waals surface area contributed by atoms with Crippen molar-refractivity contribution in [3.8, 4) is 11.5 Å². The Morgan fingerprint density at radius 3 is 2.06 bits per heavy atom. The number of rotatable bonds is 8. The van der Waals surface area contributed by atoms with Crippen molar-refractivity contribution in [2.75, 3.05) is 23.8 Å². The monoisotopic (exact) mass is 487 g/mol. The lowest BCUT2D eigenvalue weighted by Crippen LogP contribution is -2.17. The second-order valence-corrected chi connectivity index (χ2v) is 7.94. The van der Waals surface area contributed by atoms with Crippen molar-refractivity contribution in [2.45, 2.75) is 20.8 Å². The summed E-state index contributed by atoms with van der Waals surface area (Å²) in [4.78, 5) is 30.3. The molecule has 0 saturated carbocycles. The predicted octanol–water partition coefficient (Wildman–Crippen LogP) is 5.98. The van der Waals surface area contributed by atoms with Crippen molar-refractivity contribution >= 4 is 34.1 Å². The molecule has 4 aromatic rings. The zero-order chi connectivity index (χ0) is 25.7. The van der Waals surface area contributed by atoms with Crippen LogP contribution < -0.4 is 20.1 Å². The van der Waals surface area contributed by atoms with Crippen LogP contribution in [-0.4, -0.2) is 30.0 Å². The molecule has 7 nitrogen and oxygen atoms in total. The molecule has 36 heavy (non-hydrogen) atoms. The maximum atomic E-state index is 13.6. The molecule has 0 spiro atoms. The number of benzene rings is 3. The Hall–Kier alpha value is -4.46. The minimum atomic E-state index is -0.407. The van der Waals surface area contributed by atoms with E-state index in [2.05, 4.69) is 15.6 Å². The van der Waals surface area contributed by atoms with E-state index in [1.807, 2.05) is 19.9 Å². The Bertz CT molecular complexity index is 1420. The van der Waals surface area contributed by atoms with Gasteiger partial charge in [0.05, 0.1) is 41.4 Å².